The molecular weight excluding hydrogens is 891 g/mol. The number of carboxylic acids is 1. The van der Waals surface area contributed by atoms with Crippen molar-refractivity contribution in [2.24, 2.45) is 15.7 Å². The van der Waals surface area contributed by atoms with Crippen LogP contribution in [0.5, 0.6) is 0 Å². The molecule has 0 saturated heterocycles. The molecular formula is C46H71N7O13S. The maximum absolute atomic E-state index is 13.6. The van der Waals surface area contributed by atoms with Gasteiger partial charge in [-0.15, -0.1) is 11.3 Å². The van der Waals surface area contributed by atoms with Gasteiger partial charge in [0, 0.05) is 43.9 Å². The molecule has 1 aromatic heterocycles. The van der Waals surface area contributed by atoms with Gasteiger partial charge in [-0.3, -0.25) is 14.6 Å². The van der Waals surface area contributed by atoms with E-state index in [0.717, 1.165) is 22.7 Å². The highest BCUT2D eigenvalue weighted by atomic mass is 32.1. The second-order valence-corrected chi connectivity index (χ2v) is 15.5. The summed E-state index contributed by atoms with van der Waals surface area (Å²) in [5.41, 5.74) is 8.85. The fraction of sp³-hybridized carbons (Fsp3) is 0.630. The predicted molar refractivity (Wildman–Crippen MR) is 255 cm³/mol. The molecule has 2 aromatic rings. The van der Waals surface area contributed by atoms with E-state index >= 15 is 0 Å². The minimum Gasteiger partial charge on any atom is -0.481 e. The molecule has 0 bridgehead atoms. The number of fused-ring (bicyclic) bond motifs is 1. The van der Waals surface area contributed by atoms with Gasteiger partial charge in [-0.2, -0.15) is 5.26 Å². The molecule has 67 heavy (non-hydrogen) atoms. The lowest BCUT2D eigenvalue weighted by Gasteiger charge is -2.23. The van der Waals surface area contributed by atoms with Gasteiger partial charge in [0.1, 0.15) is 5.84 Å². The minimum absolute atomic E-state index is 0.0128. The molecule has 0 spiro atoms. The summed E-state index contributed by atoms with van der Waals surface area (Å²) in [7, 11) is 0. The van der Waals surface area contributed by atoms with Crippen LogP contribution in [0.3, 0.4) is 0 Å². The van der Waals surface area contributed by atoms with Crippen LogP contribution in [0.2, 0.25) is 0 Å². The summed E-state index contributed by atoms with van der Waals surface area (Å²) in [4.78, 5) is 36.0. The van der Waals surface area contributed by atoms with E-state index in [1.54, 1.807) is 12.1 Å². The summed E-state index contributed by atoms with van der Waals surface area (Å²) in [6.45, 7) is 12.7. The number of benzene rings is 1. The van der Waals surface area contributed by atoms with E-state index in [9.17, 15) is 14.9 Å². The molecule has 0 aliphatic carbocycles. The van der Waals surface area contributed by atoms with Crippen LogP contribution in [-0.2, 0) is 57.0 Å². The van der Waals surface area contributed by atoms with Gasteiger partial charge in [0.15, 0.2) is 5.96 Å². The highest BCUT2D eigenvalue weighted by Gasteiger charge is 2.21. The first-order chi connectivity index (χ1) is 32.9. The summed E-state index contributed by atoms with van der Waals surface area (Å²) in [5, 5.41) is 26.4. The molecule has 2 heterocycles. The van der Waals surface area contributed by atoms with Crippen LogP contribution >= 0.6 is 11.3 Å². The Morgan fingerprint density at radius 2 is 1.30 bits per heavy atom. The van der Waals surface area contributed by atoms with Gasteiger partial charge < -0.3 is 73.7 Å². The molecule has 374 valence electrons. The van der Waals surface area contributed by atoms with Gasteiger partial charge in [-0.05, 0) is 48.6 Å². The van der Waals surface area contributed by atoms with Crippen molar-refractivity contribution < 1.29 is 62.1 Å². The molecule has 21 heteroatoms. The number of ether oxygens (including phenoxy) is 10. The number of carboxylic acid groups (broad SMARTS) is 1. The summed E-state index contributed by atoms with van der Waals surface area (Å²) in [6, 6.07) is 11.2. The Labute approximate surface area is 398 Å². The third-order valence-corrected chi connectivity index (χ3v) is 9.98. The van der Waals surface area contributed by atoms with Crippen LogP contribution < -0.4 is 16.4 Å². The van der Waals surface area contributed by atoms with Gasteiger partial charge >= 0.3 is 5.97 Å². The number of thiophene rings is 1. The smallest absolute Gasteiger partial charge is 0.305 e. The first-order valence-electron chi connectivity index (χ1n) is 22.8. The Hall–Kier alpha value is -4.57. The summed E-state index contributed by atoms with van der Waals surface area (Å²) < 4.78 is 54.8. The zero-order valence-corrected chi connectivity index (χ0v) is 39.8. The molecule has 5 N–H and O–H groups in total. The highest BCUT2D eigenvalue weighted by molar-refractivity contribution is 7.11. The molecule has 1 aliphatic rings. The third kappa shape index (κ3) is 28.4. The number of nitrogens with one attached hydrogen (secondary N) is 2. The third-order valence-electron chi connectivity index (χ3n) is 9.13. The number of nitrogens with two attached hydrogens (primary N) is 1. The van der Waals surface area contributed by atoms with Gasteiger partial charge in [0.05, 0.1) is 161 Å². The molecule has 0 atom stereocenters. The fourth-order valence-electron chi connectivity index (χ4n) is 5.92. The van der Waals surface area contributed by atoms with Gasteiger partial charge in [-0.25, -0.2) is 4.99 Å². The number of rotatable bonds is 41. The lowest BCUT2D eigenvalue weighted by molar-refractivity contribution is -0.138. The molecule has 0 fully saturated rings. The number of hydrogen-bond donors (Lipinski definition) is 4. The van der Waals surface area contributed by atoms with Crippen LogP contribution in [0.25, 0.3) is 6.08 Å². The first-order valence-corrected chi connectivity index (χ1v) is 23.7. The van der Waals surface area contributed by atoms with Crippen molar-refractivity contribution in [2.45, 2.75) is 32.6 Å². The number of hydrogen-bond acceptors (Lipinski definition) is 17. The number of amidine groups is 1. The van der Waals surface area contributed by atoms with Gasteiger partial charge in [-0.1, -0.05) is 13.0 Å². The van der Waals surface area contributed by atoms with Gasteiger partial charge in [0.25, 0.3) is 0 Å². The van der Waals surface area contributed by atoms with E-state index < -0.39 is 5.97 Å². The fourth-order valence-corrected chi connectivity index (χ4v) is 6.70. The molecule has 1 amide bonds. The zero-order chi connectivity index (χ0) is 47.8. The molecule has 1 aromatic carbocycles. The van der Waals surface area contributed by atoms with Crippen LogP contribution in [0, 0.1) is 11.3 Å². The number of nitrogens with zero attached hydrogens (tertiary/aromatic N) is 4. The van der Waals surface area contributed by atoms with E-state index in [2.05, 4.69) is 28.6 Å². The summed E-state index contributed by atoms with van der Waals surface area (Å²) >= 11 is 1.54. The zero-order valence-electron chi connectivity index (χ0n) is 39.0. The monoisotopic (exact) mass is 961 g/mol. The van der Waals surface area contributed by atoms with Crippen molar-refractivity contribution in [1.29, 1.82) is 5.26 Å². The van der Waals surface area contributed by atoms with E-state index in [0.29, 0.717) is 187 Å². The van der Waals surface area contributed by atoms with E-state index in [1.807, 2.05) is 34.6 Å². The first kappa shape index (κ1) is 56.8. The number of carbonyl (C=O) groups is 2. The molecule has 20 nitrogen and oxygen atoms in total. The van der Waals surface area contributed by atoms with E-state index in [4.69, 9.17) is 63.2 Å². The Bertz CT molecular complexity index is 1780. The van der Waals surface area contributed by atoms with Crippen molar-refractivity contribution in [3.05, 3.63) is 51.7 Å². The molecule has 0 saturated carbocycles. The molecule has 0 radical (unpaired) electrons. The van der Waals surface area contributed by atoms with E-state index in [1.165, 1.54) is 11.3 Å². The number of aliphatic carboxylic acids is 1. The quantitative estimate of drug-likeness (QED) is 0.0421. The number of carbonyl (C=O) groups excluding carboxylic acids is 1. The second kappa shape index (κ2) is 38.4. The van der Waals surface area contributed by atoms with Crippen molar-refractivity contribution in [1.82, 2.24) is 10.2 Å². The van der Waals surface area contributed by atoms with E-state index in [-0.39, 0.29) is 18.9 Å². The lowest BCUT2D eigenvalue weighted by atomic mass is 10.1. The van der Waals surface area contributed by atoms with Crippen LogP contribution in [-0.4, -0.2) is 192 Å². The van der Waals surface area contributed by atoms with Gasteiger partial charge in [0.2, 0.25) is 5.91 Å². The SMILES string of the molecule is CCCN(CCCN=C(NCCOCCOCCOCCOCCOCCOCCOCCOCCOCCOCCC(=O)O)Nc1cccc(C#N)c1)C(=O)C1=Cc2sccc2N=C(N)C1. The second-order valence-electron chi connectivity index (χ2n) is 14.5. The van der Waals surface area contributed by atoms with Crippen molar-refractivity contribution in [3.63, 3.8) is 0 Å². The molecule has 1 aliphatic heterocycles. The van der Waals surface area contributed by atoms with Crippen LogP contribution in [0.1, 0.15) is 43.0 Å². The standard InChI is InChI=1S/C46H71N7O13S/c1-2-11-53(45(56)39-35-42-41(8-33-67-42)52-43(48)36-39)12-4-9-49-46(51-40-6-3-5-38(34-40)37-47)50-10-14-58-16-18-60-20-22-62-24-26-64-28-30-66-32-31-65-29-27-63-25-23-61-21-19-59-17-15-57-13-7-44(54)55/h3,5-6,8,33-35H,2,4,7,9-32,36H2,1H3,(H2,48,52)(H,54,55)(H2,49,50,51). The lowest BCUT2D eigenvalue weighted by Crippen LogP contribution is -2.36. The number of anilines is 1. The van der Waals surface area contributed by atoms with Crippen LogP contribution in [0.4, 0.5) is 11.4 Å². The number of nitriles is 1. The average molecular weight is 962 g/mol. The van der Waals surface area contributed by atoms with Crippen LogP contribution in [0.15, 0.2) is 51.3 Å². The highest BCUT2D eigenvalue weighted by Crippen LogP contribution is 2.31. The Morgan fingerprint density at radius 3 is 1.81 bits per heavy atom. The summed E-state index contributed by atoms with van der Waals surface area (Å²) in [6.07, 6.45) is 3.68. The molecule has 0 unspecified atom stereocenters. The van der Waals surface area contributed by atoms with Crippen molar-refractivity contribution >= 4 is 52.5 Å². The average Bonchev–Trinajstić information content (AvgIpc) is 3.69. The normalized spacial score (nSPS) is 12.5. The largest absolute Gasteiger partial charge is 0.481 e. The summed E-state index contributed by atoms with van der Waals surface area (Å²) in [5.74, 6) is 0.0470. The Morgan fingerprint density at radius 1 is 0.776 bits per heavy atom. The number of amides is 1. The van der Waals surface area contributed by atoms with Crippen molar-refractivity contribution in [2.75, 3.05) is 164 Å². The predicted octanol–water partition coefficient (Wildman–Crippen LogP) is 3.72. The number of aliphatic imine (C=N–C) groups is 2. The molecule has 3 rings (SSSR count). The Kier molecular flexibility index (Phi) is 32.5. The maximum atomic E-state index is 13.6. The minimum atomic E-state index is -0.882. The number of guanidine groups is 1. The maximum Gasteiger partial charge on any atom is 0.305 e. The Balaban J connectivity index is 1.14. The topological polar surface area (TPSA) is 249 Å². The van der Waals surface area contributed by atoms with Crippen molar-refractivity contribution in [3.8, 4) is 6.07 Å².